The van der Waals surface area contributed by atoms with E-state index in [4.69, 9.17) is 0 Å². The summed E-state index contributed by atoms with van der Waals surface area (Å²) < 4.78 is 2.29. The Morgan fingerprint density at radius 1 is 0.875 bits per heavy atom. The third-order valence-corrected chi connectivity index (χ3v) is 4.77. The van der Waals surface area contributed by atoms with E-state index in [0.717, 1.165) is 14.7 Å². The molecule has 3 heteroatoms. The molecule has 0 fully saturated rings. The van der Waals surface area contributed by atoms with Crippen LogP contribution in [0.15, 0.2) is 62.4 Å². The Balaban J connectivity index is 2.02. The van der Waals surface area contributed by atoms with Gasteiger partial charge in [-0.25, -0.2) is 0 Å². The molecule has 0 aliphatic carbocycles. The molecule has 0 aliphatic rings. The van der Waals surface area contributed by atoms with Crippen molar-refractivity contribution >= 4 is 43.6 Å². The van der Waals surface area contributed by atoms with Gasteiger partial charge in [-0.3, -0.25) is 0 Å². The standard InChI is InChI=1S/C13H10Br2S/c14-11-7-5-10(6-8-11)9-16-13-4-2-1-3-12(13)15/h1-8H,9H2. The molecule has 0 unspecified atom stereocenters. The van der Waals surface area contributed by atoms with Crippen molar-refractivity contribution < 1.29 is 0 Å². The predicted molar refractivity (Wildman–Crippen MR) is 77.8 cm³/mol. The molecule has 0 atom stereocenters. The monoisotopic (exact) mass is 356 g/mol. The molecule has 0 N–H and O–H groups in total. The number of halogens is 2. The average Bonchev–Trinajstić information content (AvgIpc) is 2.30. The van der Waals surface area contributed by atoms with Crippen molar-refractivity contribution in [3.05, 3.63) is 63.0 Å². The molecular formula is C13H10Br2S. The molecule has 0 bridgehead atoms. The minimum atomic E-state index is 0.996. The zero-order valence-electron chi connectivity index (χ0n) is 8.49. The molecule has 0 aliphatic heterocycles. The summed E-state index contributed by atoms with van der Waals surface area (Å²) in [4.78, 5) is 1.28. The van der Waals surface area contributed by atoms with Crippen LogP contribution in [0.1, 0.15) is 5.56 Å². The molecular weight excluding hydrogens is 348 g/mol. The van der Waals surface area contributed by atoms with Gasteiger partial charge in [-0.15, -0.1) is 11.8 Å². The Morgan fingerprint density at radius 3 is 2.25 bits per heavy atom. The van der Waals surface area contributed by atoms with Gasteiger partial charge in [0.1, 0.15) is 0 Å². The molecule has 2 aromatic rings. The molecule has 0 spiro atoms. The van der Waals surface area contributed by atoms with E-state index < -0.39 is 0 Å². The van der Waals surface area contributed by atoms with Crippen molar-refractivity contribution in [3.8, 4) is 0 Å². The second-order valence-corrected chi connectivity index (χ2v) is 6.13. The first kappa shape index (κ1) is 12.2. The van der Waals surface area contributed by atoms with Crippen molar-refractivity contribution in [1.82, 2.24) is 0 Å². The lowest BCUT2D eigenvalue weighted by Crippen LogP contribution is -1.80. The van der Waals surface area contributed by atoms with Gasteiger partial charge >= 0.3 is 0 Å². The molecule has 0 saturated carbocycles. The number of hydrogen-bond acceptors (Lipinski definition) is 1. The summed E-state index contributed by atoms with van der Waals surface area (Å²) in [5, 5.41) is 0. The van der Waals surface area contributed by atoms with Gasteiger partial charge in [0.25, 0.3) is 0 Å². The van der Waals surface area contributed by atoms with Crippen molar-refractivity contribution in [1.29, 1.82) is 0 Å². The molecule has 0 heterocycles. The van der Waals surface area contributed by atoms with E-state index in [1.165, 1.54) is 10.5 Å². The maximum Gasteiger partial charge on any atom is 0.0311 e. The first-order valence-corrected chi connectivity index (χ1v) is 7.44. The van der Waals surface area contributed by atoms with Gasteiger partial charge in [-0.2, -0.15) is 0 Å². The average molecular weight is 358 g/mol. The van der Waals surface area contributed by atoms with E-state index in [1.54, 1.807) is 0 Å². The molecule has 0 saturated heterocycles. The summed E-state index contributed by atoms with van der Waals surface area (Å²) in [5.74, 6) is 0.996. The molecule has 0 aromatic heterocycles. The molecule has 0 amide bonds. The van der Waals surface area contributed by atoms with Gasteiger partial charge in [0.15, 0.2) is 0 Å². The number of thioether (sulfide) groups is 1. The van der Waals surface area contributed by atoms with Crippen LogP contribution in [0.5, 0.6) is 0 Å². The fourth-order valence-corrected chi connectivity index (χ4v) is 3.09. The normalized spacial score (nSPS) is 10.4. The quantitative estimate of drug-likeness (QED) is 0.653. The summed E-state index contributed by atoms with van der Waals surface area (Å²) in [5.41, 5.74) is 1.34. The van der Waals surface area contributed by atoms with Gasteiger partial charge in [0.2, 0.25) is 0 Å². The highest BCUT2D eigenvalue weighted by Gasteiger charge is 2.00. The Labute approximate surface area is 117 Å². The summed E-state index contributed by atoms with van der Waals surface area (Å²) >= 11 is 8.84. The maximum atomic E-state index is 3.55. The first-order chi connectivity index (χ1) is 7.75. The molecule has 2 rings (SSSR count). The van der Waals surface area contributed by atoms with Gasteiger partial charge in [0, 0.05) is 19.6 Å². The van der Waals surface area contributed by atoms with Crippen LogP contribution >= 0.6 is 43.6 Å². The topological polar surface area (TPSA) is 0 Å². The lowest BCUT2D eigenvalue weighted by atomic mass is 10.2. The van der Waals surface area contributed by atoms with Crippen LogP contribution in [0, 0.1) is 0 Å². The minimum Gasteiger partial charge on any atom is -0.120 e. The predicted octanol–water partition coefficient (Wildman–Crippen LogP) is 5.50. The molecule has 2 aromatic carbocycles. The summed E-state index contributed by atoms with van der Waals surface area (Å²) in [6.07, 6.45) is 0. The summed E-state index contributed by atoms with van der Waals surface area (Å²) in [6.45, 7) is 0. The van der Waals surface area contributed by atoms with E-state index >= 15 is 0 Å². The Bertz CT molecular complexity index is 466. The van der Waals surface area contributed by atoms with E-state index in [0.29, 0.717) is 0 Å². The lowest BCUT2D eigenvalue weighted by Gasteiger charge is -2.04. The number of hydrogen-bond donors (Lipinski definition) is 0. The van der Waals surface area contributed by atoms with Crippen molar-refractivity contribution in [2.75, 3.05) is 0 Å². The minimum absolute atomic E-state index is 0.996. The van der Waals surface area contributed by atoms with Crippen molar-refractivity contribution in [2.24, 2.45) is 0 Å². The van der Waals surface area contributed by atoms with Gasteiger partial charge < -0.3 is 0 Å². The van der Waals surface area contributed by atoms with E-state index in [-0.39, 0.29) is 0 Å². The van der Waals surface area contributed by atoms with Gasteiger partial charge in [0.05, 0.1) is 0 Å². The fraction of sp³-hybridized carbons (Fsp3) is 0.0769. The fourth-order valence-electron chi connectivity index (χ4n) is 1.30. The van der Waals surface area contributed by atoms with Crippen molar-refractivity contribution in [3.63, 3.8) is 0 Å². The smallest absolute Gasteiger partial charge is 0.0311 e. The Hall–Kier alpha value is -0.250. The second-order valence-electron chi connectivity index (χ2n) is 3.35. The highest BCUT2D eigenvalue weighted by atomic mass is 79.9. The van der Waals surface area contributed by atoms with E-state index in [9.17, 15) is 0 Å². The number of benzene rings is 2. The number of rotatable bonds is 3. The molecule has 0 radical (unpaired) electrons. The van der Waals surface area contributed by atoms with Crippen LogP contribution in [-0.4, -0.2) is 0 Å². The van der Waals surface area contributed by atoms with Gasteiger partial charge in [-0.1, -0.05) is 40.2 Å². The van der Waals surface area contributed by atoms with Crippen LogP contribution in [0.3, 0.4) is 0 Å². The van der Waals surface area contributed by atoms with Crippen LogP contribution < -0.4 is 0 Å². The highest BCUT2D eigenvalue weighted by Crippen LogP contribution is 2.29. The zero-order chi connectivity index (χ0) is 11.4. The molecule has 16 heavy (non-hydrogen) atoms. The van der Waals surface area contributed by atoms with Crippen molar-refractivity contribution in [2.45, 2.75) is 10.6 Å². The Morgan fingerprint density at radius 2 is 1.56 bits per heavy atom. The van der Waals surface area contributed by atoms with Crippen LogP contribution in [0.2, 0.25) is 0 Å². The Kier molecular flexibility index (Phi) is 4.50. The third-order valence-electron chi connectivity index (χ3n) is 2.14. The SMILES string of the molecule is Brc1ccc(CSc2ccccc2Br)cc1. The van der Waals surface area contributed by atoms with Crippen LogP contribution in [0.4, 0.5) is 0 Å². The van der Waals surface area contributed by atoms with Gasteiger partial charge in [-0.05, 0) is 45.8 Å². The van der Waals surface area contributed by atoms with Crippen LogP contribution in [0.25, 0.3) is 0 Å². The third kappa shape index (κ3) is 3.37. The van der Waals surface area contributed by atoms with E-state index in [2.05, 4.69) is 74.3 Å². The molecule has 82 valence electrons. The second kappa shape index (κ2) is 5.89. The highest BCUT2D eigenvalue weighted by molar-refractivity contribution is 9.10. The first-order valence-electron chi connectivity index (χ1n) is 4.87. The summed E-state index contributed by atoms with van der Waals surface area (Å²) in [7, 11) is 0. The maximum absolute atomic E-state index is 3.55. The molecule has 0 nitrogen and oxygen atoms in total. The summed E-state index contributed by atoms with van der Waals surface area (Å²) in [6, 6.07) is 16.8. The van der Waals surface area contributed by atoms with E-state index in [1.807, 2.05) is 17.8 Å². The zero-order valence-corrected chi connectivity index (χ0v) is 12.5. The lowest BCUT2D eigenvalue weighted by molar-refractivity contribution is 1.35. The van der Waals surface area contributed by atoms with Crippen LogP contribution in [-0.2, 0) is 5.75 Å². The largest absolute Gasteiger partial charge is 0.120 e.